The molecule has 0 unspecified atom stereocenters. The number of rotatable bonds is 8. The first kappa shape index (κ1) is 19.6. The van der Waals surface area contributed by atoms with Crippen LogP contribution < -0.4 is 9.62 Å². The standard InChI is InChI=1S/C17H22N2O4S2/c1-19(2)15-8-4-7-13-12(15)6-5-9-16(13)25(22,23)18-14(17(20)21)10-11-24-3/h4-9,14,18H,10-11H2,1-3H3,(H,20,21)/t14-/m1/s1. The minimum atomic E-state index is -3.96. The quantitative estimate of drug-likeness (QED) is 0.729. The lowest BCUT2D eigenvalue weighted by molar-refractivity contribution is -0.139. The Morgan fingerprint density at radius 1 is 1.20 bits per heavy atom. The Balaban J connectivity index is 2.49. The van der Waals surface area contributed by atoms with Crippen LogP contribution in [0.1, 0.15) is 6.42 Å². The third-order valence-corrected chi connectivity index (χ3v) is 6.01. The van der Waals surface area contributed by atoms with Crippen molar-refractivity contribution in [3.8, 4) is 0 Å². The highest BCUT2D eigenvalue weighted by Crippen LogP contribution is 2.30. The molecule has 0 aliphatic carbocycles. The van der Waals surface area contributed by atoms with Crippen LogP contribution >= 0.6 is 11.8 Å². The van der Waals surface area contributed by atoms with Crippen molar-refractivity contribution in [1.82, 2.24) is 4.72 Å². The monoisotopic (exact) mass is 382 g/mol. The minimum Gasteiger partial charge on any atom is -0.480 e. The van der Waals surface area contributed by atoms with Crippen molar-refractivity contribution in [2.45, 2.75) is 17.4 Å². The highest BCUT2D eigenvalue weighted by molar-refractivity contribution is 7.98. The van der Waals surface area contributed by atoms with Crippen molar-refractivity contribution >= 4 is 44.2 Å². The van der Waals surface area contributed by atoms with E-state index in [4.69, 9.17) is 0 Å². The number of carboxylic acid groups (broad SMARTS) is 1. The molecule has 6 nitrogen and oxygen atoms in total. The molecule has 0 radical (unpaired) electrons. The van der Waals surface area contributed by atoms with E-state index in [1.165, 1.54) is 17.8 Å². The predicted octanol–water partition coefficient (Wildman–Crippen LogP) is 2.39. The average molecular weight is 383 g/mol. The molecular formula is C17H22N2O4S2. The maximum absolute atomic E-state index is 12.8. The van der Waals surface area contributed by atoms with Gasteiger partial charge in [0.05, 0.1) is 4.90 Å². The molecule has 25 heavy (non-hydrogen) atoms. The van der Waals surface area contributed by atoms with Gasteiger partial charge in [0.2, 0.25) is 10.0 Å². The van der Waals surface area contributed by atoms with Gasteiger partial charge < -0.3 is 10.0 Å². The fraction of sp³-hybridized carbons (Fsp3) is 0.353. The Morgan fingerprint density at radius 3 is 2.44 bits per heavy atom. The van der Waals surface area contributed by atoms with Crippen molar-refractivity contribution in [1.29, 1.82) is 0 Å². The van der Waals surface area contributed by atoms with Gasteiger partial charge in [-0.3, -0.25) is 4.79 Å². The van der Waals surface area contributed by atoms with E-state index < -0.39 is 22.0 Å². The van der Waals surface area contributed by atoms with E-state index in [2.05, 4.69) is 4.72 Å². The van der Waals surface area contributed by atoms with Crippen LogP contribution in [0.15, 0.2) is 41.3 Å². The molecule has 0 heterocycles. The summed E-state index contributed by atoms with van der Waals surface area (Å²) in [6, 6.07) is 9.30. The SMILES string of the molecule is CSCC[C@@H](NS(=O)(=O)c1cccc2c(N(C)C)cccc12)C(=O)O. The van der Waals surface area contributed by atoms with Crippen molar-refractivity contribution in [3.05, 3.63) is 36.4 Å². The van der Waals surface area contributed by atoms with Crippen LogP contribution in [0.2, 0.25) is 0 Å². The number of hydrogen-bond acceptors (Lipinski definition) is 5. The van der Waals surface area contributed by atoms with Crippen LogP contribution in [-0.4, -0.2) is 51.6 Å². The molecule has 0 aromatic heterocycles. The molecule has 0 spiro atoms. The summed E-state index contributed by atoms with van der Waals surface area (Å²) in [5.74, 6) is -0.619. The van der Waals surface area contributed by atoms with Gasteiger partial charge in [0, 0.05) is 30.6 Å². The van der Waals surface area contributed by atoms with E-state index in [0.29, 0.717) is 11.1 Å². The van der Waals surface area contributed by atoms with Gasteiger partial charge in [-0.1, -0.05) is 24.3 Å². The van der Waals surface area contributed by atoms with Gasteiger partial charge in [0.25, 0.3) is 0 Å². The number of nitrogens with one attached hydrogen (secondary N) is 1. The summed E-state index contributed by atoms with van der Waals surface area (Å²) in [6.07, 6.45) is 2.07. The molecule has 0 bridgehead atoms. The Labute approximate surface area is 152 Å². The topological polar surface area (TPSA) is 86.7 Å². The van der Waals surface area contributed by atoms with Crippen LogP contribution in [0.4, 0.5) is 5.69 Å². The molecule has 0 aliphatic rings. The summed E-state index contributed by atoms with van der Waals surface area (Å²) >= 11 is 1.47. The summed E-state index contributed by atoms with van der Waals surface area (Å²) < 4.78 is 28.0. The molecule has 0 aliphatic heterocycles. The molecule has 0 fully saturated rings. The summed E-state index contributed by atoms with van der Waals surface area (Å²) in [4.78, 5) is 13.4. The summed E-state index contributed by atoms with van der Waals surface area (Å²) in [5.41, 5.74) is 0.895. The van der Waals surface area contributed by atoms with Crippen LogP contribution in [0.25, 0.3) is 10.8 Å². The summed E-state index contributed by atoms with van der Waals surface area (Å²) in [6.45, 7) is 0. The molecule has 2 rings (SSSR count). The second kappa shape index (κ2) is 8.07. The zero-order valence-electron chi connectivity index (χ0n) is 14.4. The van der Waals surface area contributed by atoms with E-state index in [-0.39, 0.29) is 11.3 Å². The molecule has 0 saturated heterocycles. The average Bonchev–Trinajstić information content (AvgIpc) is 2.57. The predicted molar refractivity (Wildman–Crippen MR) is 103 cm³/mol. The first-order chi connectivity index (χ1) is 11.8. The third-order valence-electron chi connectivity index (χ3n) is 3.84. The van der Waals surface area contributed by atoms with Gasteiger partial charge in [0.15, 0.2) is 0 Å². The maximum atomic E-state index is 12.8. The lowest BCUT2D eigenvalue weighted by atomic mass is 10.1. The fourth-order valence-electron chi connectivity index (χ4n) is 2.61. The molecule has 0 amide bonds. The van der Waals surface area contributed by atoms with Crippen molar-refractivity contribution in [2.75, 3.05) is 31.0 Å². The summed E-state index contributed by atoms with van der Waals surface area (Å²) in [5, 5.41) is 10.7. The first-order valence-corrected chi connectivity index (χ1v) is 10.6. The number of nitrogens with zero attached hydrogens (tertiary/aromatic N) is 1. The Kier molecular flexibility index (Phi) is 6.31. The van der Waals surface area contributed by atoms with Crippen molar-refractivity contribution in [2.24, 2.45) is 0 Å². The molecule has 0 saturated carbocycles. The number of hydrogen-bond donors (Lipinski definition) is 2. The molecule has 136 valence electrons. The van der Waals surface area contributed by atoms with Gasteiger partial charge in [0.1, 0.15) is 6.04 Å². The smallest absolute Gasteiger partial charge is 0.321 e. The van der Waals surface area contributed by atoms with Gasteiger partial charge in [-0.15, -0.1) is 0 Å². The van der Waals surface area contributed by atoms with E-state index in [9.17, 15) is 18.3 Å². The highest BCUT2D eigenvalue weighted by Gasteiger charge is 2.26. The first-order valence-electron chi connectivity index (χ1n) is 7.71. The number of fused-ring (bicyclic) bond motifs is 1. The van der Waals surface area contributed by atoms with Crippen molar-refractivity contribution < 1.29 is 18.3 Å². The Hall–Kier alpha value is -1.77. The van der Waals surface area contributed by atoms with E-state index >= 15 is 0 Å². The Morgan fingerprint density at radius 2 is 1.84 bits per heavy atom. The van der Waals surface area contributed by atoms with E-state index in [1.807, 2.05) is 37.4 Å². The molecular weight excluding hydrogens is 360 g/mol. The zero-order valence-corrected chi connectivity index (χ0v) is 16.0. The van der Waals surface area contributed by atoms with Gasteiger partial charge in [-0.25, -0.2) is 8.42 Å². The van der Waals surface area contributed by atoms with Crippen LogP contribution in [0.3, 0.4) is 0 Å². The number of carboxylic acids is 1. The molecule has 2 N–H and O–H groups in total. The Bertz CT molecular complexity index is 866. The van der Waals surface area contributed by atoms with Crippen LogP contribution in [-0.2, 0) is 14.8 Å². The number of anilines is 1. The highest BCUT2D eigenvalue weighted by atomic mass is 32.2. The number of aliphatic carboxylic acids is 1. The fourth-order valence-corrected chi connectivity index (χ4v) is 4.52. The lowest BCUT2D eigenvalue weighted by Crippen LogP contribution is -2.41. The molecule has 8 heteroatoms. The summed E-state index contributed by atoms with van der Waals surface area (Å²) in [7, 11) is -0.191. The third kappa shape index (κ3) is 4.45. The van der Waals surface area contributed by atoms with Gasteiger partial charge in [-0.05, 0) is 30.6 Å². The number of thioether (sulfide) groups is 1. The minimum absolute atomic E-state index is 0.0871. The van der Waals surface area contributed by atoms with Crippen LogP contribution in [0, 0.1) is 0 Å². The lowest BCUT2D eigenvalue weighted by Gasteiger charge is -2.18. The molecule has 2 aromatic rings. The second-order valence-electron chi connectivity index (χ2n) is 5.82. The second-order valence-corrected chi connectivity index (χ2v) is 8.48. The largest absolute Gasteiger partial charge is 0.480 e. The van der Waals surface area contributed by atoms with Crippen LogP contribution in [0.5, 0.6) is 0 Å². The number of benzene rings is 2. The number of sulfonamides is 1. The normalized spacial score (nSPS) is 12.9. The van der Waals surface area contributed by atoms with E-state index in [1.54, 1.807) is 18.2 Å². The van der Waals surface area contributed by atoms with Gasteiger partial charge in [-0.2, -0.15) is 16.5 Å². The number of carbonyl (C=O) groups is 1. The molecule has 1 atom stereocenters. The van der Waals surface area contributed by atoms with E-state index in [0.717, 1.165) is 11.1 Å². The van der Waals surface area contributed by atoms with Crippen molar-refractivity contribution in [3.63, 3.8) is 0 Å². The maximum Gasteiger partial charge on any atom is 0.321 e. The molecule has 2 aromatic carbocycles. The zero-order chi connectivity index (χ0) is 18.6. The van der Waals surface area contributed by atoms with Gasteiger partial charge >= 0.3 is 5.97 Å².